The van der Waals surface area contributed by atoms with Gasteiger partial charge < -0.3 is 5.32 Å². The van der Waals surface area contributed by atoms with Crippen LogP contribution in [0.1, 0.15) is 11.1 Å². The molecule has 1 N–H and O–H groups in total. The third kappa shape index (κ3) is 3.28. The fourth-order valence-electron chi connectivity index (χ4n) is 1.63. The maximum atomic E-state index is 13.6. The fourth-order valence-corrected chi connectivity index (χ4v) is 1.63. The van der Waals surface area contributed by atoms with Crippen LogP contribution in [0.4, 0.5) is 33.3 Å². The van der Waals surface area contributed by atoms with Gasteiger partial charge in [0.05, 0.1) is 28.6 Å². The number of anilines is 2. The first-order chi connectivity index (χ1) is 9.81. The number of rotatable bonds is 2. The van der Waals surface area contributed by atoms with Crippen molar-refractivity contribution in [2.24, 2.45) is 0 Å². The van der Waals surface area contributed by atoms with E-state index in [1.165, 1.54) is 6.07 Å². The zero-order valence-corrected chi connectivity index (χ0v) is 10.3. The van der Waals surface area contributed by atoms with Gasteiger partial charge in [0.1, 0.15) is 11.6 Å². The van der Waals surface area contributed by atoms with Gasteiger partial charge in [0.15, 0.2) is 0 Å². The van der Waals surface area contributed by atoms with Crippen LogP contribution >= 0.6 is 0 Å². The summed E-state index contributed by atoms with van der Waals surface area (Å²) in [6.07, 6.45) is -4.63. The predicted molar refractivity (Wildman–Crippen MR) is 65.8 cm³/mol. The molecule has 0 fully saturated rings. The molecule has 0 atom stereocenters. The van der Waals surface area contributed by atoms with Gasteiger partial charge in [-0.3, -0.25) is 0 Å². The molecule has 0 saturated heterocycles. The molecule has 0 aliphatic carbocycles. The van der Waals surface area contributed by atoms with E-state index in [1.807, 2.05) is 0 Å². The second-order valence-electron chi connectivity index (χ2n) is 4.12. The molecule has 2 rings (SSSR count). The van der Waals surface area contributed by atoms with Crippen LogP contribution in [0.5, 0.6) is 0 Å². The highest BCUT2D eigenvalue weighted by Crippen LogP contribution is 2.33. The van der Waals surface area contributed by atoms with E-state index in [9.17, 15) is 22.0 Å². The van der Waals surface area contributed by atoms with Gasteiger partial charge in [-0.25, -0.2) is 8.78 Å². The van der Waals surface area contributed by atoms with Crippen molar-refractivity contribution in [3.8, 4) is 6.07 Å². The summed E-state index contributed by atoms with van der Waals surface area (Å²) in [6.45, 7) is 0. The Bertz CT molecular complexity index is 716. The van der Waals surface area contributed by atoms with Crippen molar-refractivity contribution in [2.75, 3.05) is 5.32 Å². The van der Waals surface area contributed by atoms with Gasteiger partial charge in [0, 0.05) is 0 Å². The summed E-state index contributed by atoms with van der Waals surface area (Å²) in [5.74, 6) is -1.82. The van der Waals surface area contributed by atoms with E-state index in [0.29, 0.717) is 18.2 Å². The number of hydrogen-bond acceptors (Lipinski definition) is 2. The maximum Gasteiger partial charge on any atom is 0.416 e. The monoisotopic (exact) mass is 298 g/mol. The van der Waals surface area contributed by atoms with Crippen LogP contribution in [0, 0.1) is 23.0 Å². The molecular weight excluding hydrogens is 291 g/mol. The van der Waals surface area contributed by atoms with Gasteiger partial charge in [0.25, 0.3) is 0 Å². The van der Waals surface area contributed by atoms with E-state index in [4.69, 9.17) is 5.26 Å². The van der Waals surface area contributed by atoms with Gasteiger partial charge in [-0.15, -0.1) is 0 Å². The molecule has 2 aromatic rings. The van der Waals surface area contributed by atoms with E-state index >= 15 is 0 Å². The zero-order chi connectivity index (χ0) is 15.6. The van der Waals surface area contributed by atoms with Crippen LogP contribution < -0.4 is 5.32 Å². The highest BCUT2D eigenvalue weighted by atomic mass is 19.4. The second kappa shape index (κ2) is 5.40. The molecular formula is C14H7F5N2. The molecule has 7 heteroatoms. The van der Waals surface area contributed by atoms with Crippen LogP contribution in [0.3, 0.4) is 0 Å². The summed E-state index contributed by atoms with van der Waals surface area (Å²) in [5.41, 5.74) is -1.75. The summed E-state index contributed by atoms with van der Waals surface area (Å²) in [7, 11) is 0. The van der Waals surface area contributed by atoms with Gasteiger partial charge in [-0.1, -0.05) is 0 Å². The molecule has 2 nitrogen and oxygen atoms in total. The van der Waals surface area contributed by atoms with Crippen molar-refractivity contribution < 1.29 is 22.0 Å². The van der Waals surface area contributed by atoms with Crippen molar-refractivity contribution in [1.29, 1.82) is 5.26 Å². The van der Waals surface area contributed by atoms with Gasteiger partial charge in [0.2, 0.25) is 0 Å². The summed E-state index contributed by atoms with van der Waals surface area (Å²) < 4.78 is 64.8. The minimum Gasteiger partial charge on any atom is -0.351 e. The lowest BCUT2D eigenvalue weighted by Crippen LogP contribution is -2.06. The molecule has 0 amide bonds. The van der Waals surface area contributed by atoms with Crippen molar-refractivity contribution in [1.82, 2.24) is 0 Å². The Labute approximate surface area is 116 Å². The second-order valence-corrected chi connectivity index (χ2v) is 4.12. The number of hydrogen-bond donors (Lipinski definition) is 1. The number of alkyl halides is 3. The summed E-state index contributed by atoms with van der Waals surface area (Å²) in [5, 5.41) is 10.8. The highest BCUT2D eigenvalue weighted by molar-refractivity contribution is 5.62. The standard InChI is InChI=1S/C14H7F5N2/c15-10-3-2-9(14(17,18)19)6-13(10)21-12-4-1-8(7-20)5-11(12)16/h1-6,21H. The number of nitrogens with zero attached hydrogens (tertiary/aromatic N) is 1. The Balaban J connectivity index is 2.38. The third-order valence-corrected chi connectivity index (χ3v) is 2.66. The summed E-state index contributed by atoms with van der Waals surface area (Å²) in [6, 6.07) is 6.80. The normalized spacial score (nSPS) is 11.0. The Kier molecular flexibility index (Phi) is 3.80. The van der Waals surface area contributed by atoms with Crippen LogP contribution in [-0.4, -0.2) is 0 Å². The Morgan fingerprint density at radius 3 is 2.19 bits per heavy atom. The number of halogens is 5. The van der Waals surface area contributed by atoms with E-state index in [-0.39, 0.29) is 11.3 Å². The molecule has 0 bridgehead atoms. The smallest absolute Gasteiger partial charge is 0.351 e. The SMILES string of the molecule is N#Cc1ccc(Nc2cc(C(F)(F)F)ccc2F)c(F)c1. The largest absolute Gasteiger partial charge is 0.416 e. The fraction of sp³-hybridized carbons (Fsp3) is 0.0714. The predicted octanol–water partition coefficient (Wildman–Crippen LogP) is 4.60. The first-order valence-corrected chi connectivity index (χ1v) is 5.64. The number of nitriles is 1. The molecule has 0 aliphatic rings. The minimum absolute atomic E-state index is 0.0440. The summed E-state index contributed by atoms with van der Waals surface area (Å²) >= 11 is 0. The van der Waals surface area contributed by atoms with Crippen LogP contribution in [0.25, 0.3) is 0 Å². The lowest BCUT2D eigenvalue weighted by molar-refractivity contribution is -0.137. The highest BCUT2D eigenvalue weighted by Gasteiger charge is 2.31. The minimum atomic E-state index is -4.63. The van der Waals surface area contributed by atoms with Crippen molar-refractivity contribution in [2.45, 2.75) is 6.18 Å². The lowest BCUT2D eigenvalue weighted by Gasteiger charge is -2.12. The molecule has 108 valence electrons. The molecule has 0 radical (unpaired) electrons. The molecule has 0 aromatic heterocycles. The van der Waals surface area contributed by atoms with Crippen LogP contribution in [0.2, 0.25) is 0 Å². The van der Waals surface area contributed by atoms with Crippen molar-refractivity contribution in [3.05, 3.63) is 59.2 Å². The average Bonchev–Trinajstić information content (AvgIpc) is 2.42. The number of benzene rings is 2. The summed E-state index contributed by atoms with van der Waals surface area (Å²) in [4.78, 5) is 0. The Hall–Kier alpha value is -2.62. The Morgan fingerprint density at radius 2 is 1.62 bits per heavy atom. The molecule has 21 heavy (non-hydrogen) atoms. The molecule has 2 aromatic carbocycles. The van der Waals surface area contributed by atoms with E-state index in [1.54, 1.807) is 6.07 Å². The van der Waals surface area contributed by atoms with E-state index in [2.05, 4.69) is 5.32 Å². The van der Waals surface area contributed by atoms with Gasteiger partial charge >= 0.3 is 6.18 Å². The lowest BCUT2D eigenvalue weighted by atomic mass is 10.1. The van der Waals surface area contributed by atoms with Crippen molar-refractivity contribution in [3.63, 3.8) is 0 Å². The molecule has 0 aliphatic heterocycles. The first kappa shape index (κ1) is 14.8. The quantitative estimate of drug-likeness (QED) is 0.822. The molecule has 0 heterocycles. The van der Waals surface area contributed by atoms with E-state index in [0.717, 1.165) is 12.1 Å². The molecule has 0 unspecified atom stereocenters. The van der Waals surface area contributed by atoms with Crippen LogP contribution in [-0.2, 0) is 6.18 Å². The Morgan fingerprint density at radius 1 is 0.905 bits per heavy atom. The maximum absolute atomic E-state index is 13.6. The topological polar surface area (TPSA) is 35.8 Å². The van der Waals surface area contributed by atoms with E-state index < -0.39 is 29.1 Å². The first-order valence-electron chi connectivity index (χ1n) is 5.64. The molecule has 0 saturated carbocycles. The van der Waals surface area contributed by atoms with Crippen LogP contribution in [0.15, 0.2) is 36.4 Å². The number of nitrogens with one attached hydrogen (secondary N) is 1. The third-order valence-electron chi connectivity index (χ3n) is 2.66. The van der Waals surface area contributed by atoms with Gasteiger partial charge in [-0.2, -0.15) is 18.4 Å². The van der Waals surface area contributed by atoms with Gasteiger partial charge in [-0.05, 0) is 36.4 Å². The molecule has 0 spiro atoms. The zero-order valence-electron chi connectivity index (χ0n) is 10.3. The van der Waals surface area contributed by atoms with Crippen molar-refractivity contribution >= 4 is 11.4 Å². The average molecular weight is 298 g/mol.